The molecule has 24 heavy (non-hydrogen) atoms. The van der Waals surface area contributed by atoms with Gasteiger partial charge in [-0.2, -0.15) is 0 Å². The first-order chi connectivity index (χ1) is 11.8. The second-order valence-corrected chi connectivity index (χ2v) is 7.07. The number of likely N-dealkylation sites (tertiary alicyclic amines) is 1. The molecule has 2 saturated heterocycles. The topological polar surface area (TPSA) is 33.7 Å². The molecule has 0 bridgehead atoms. The smallest absolute Gasteiger partial charge is 0.119 e. The van der Waals surface area contributed by atoms with E-state index in [2.05, 4.69) is 28.4 Å². The van der Waals surface area contributed by atoms with E-state index in [1.165, 1.54) is 37.9 Å². The highest BCUT2D eigenvalue weighted by Crippen LogP contribution is 2.30. The highest BCUT2D eigenvalue weighted by molar-refractivity contribution is 5.28. The molecule has 4 nitrogen and oxygen atoms in total. The van der Waals surface area contributed by atoms with Crippen LogP contribution in [-0.2, 0) is 11.3 Å². The third kappa shape index (κ3) is 4.50. The van der Waals surface area contributed by atoms with E-state index in [9.17, 15) is 0 Å². The van der Waals surface area contributed by atoms with Gasteiger partial charge in [0.05, 0.1) is 6.61 Å². The standard InChI is InChI=1S/C20H32N2O2/c1-2-24-19-8-6-7-18(15-19)16-21-17-20(9-13-23-14-10-20)22-11-4-3-5-12-22/h6-8,15,21H,2-5,9-14,16-17H2,1H3. The zero-order valence-corrected chi connectivity index (χ0v) is 15.1. The van der Waals surface area contributed by atoms with Gasteiger partial charge in [-0.3, -0.25) is 4.90 Å². The van der Waals surface area contributed by atoms with Crippen LogP contribution in [0.3, 0.4) is 0 Å². The Kier molecular flexibility index (Phi) is 6.52. The summed E-state index contributed by atoms with van der Waals surface area (Å²) in [6.45, 7) is 9.00. The van der Waals surface area contributed by atoms with E-state index in [0.717, 1.165) is 51.5 Å². The van der Waals surface area contributed by atoms with Gasteiger partial charge in [-0.25, -0.2) is 0 Å². The van der Waals surface area contributed by atoms with Crippen LogP contribution in [0.1, 0.15) is 44.6 Å². The average Bonchev–Trinajstić information content (AvgIpc) is 2.64. The van der Waals surface area contributed by atoms with Crippen molar-refractivity contribution in [1.29, 1.82) is 0 Å². The first-order valence-corrected chi connectivity index (χ1v) is 9.58. The molecule has 0 spiro atoms. The highest BCUT2D eigenvalue weighted by atomic mass is 16.5. The number of piperidine rings is 1. The summed E-state index contributed by atoms with van der Waals surface area (Å²) in [6, 6.07) is 8.43. The number of ether oxygens (including phenoxy) is 2. The van der Waals surface area contributed by atoms with E-state index in [0.29, 0.717) is 0 Å². The fraction of sp³-hybridized carbons (Fsp3) is 0.700. The van der Waals surface area contributed by atoms with Gasteiger partial charge < -0.3 is 14.8 Å². The van der Waals surface area contributed by atoms with Crippen LogP contribution in [0, 0.1) is 0 Å². The van der Waals surface area contributed by atoms with Gasteiger partial charge in [0.1, 0.15) is 5.75 Å². The molecule has 134 valence electrons. The van der Waals surface area contributed by atoms with E-state index < -0.39 is 0 Å². The molecule has 0 aliphatic carbocycles. The van der Waals surface area contributed by atoms with Gasteiger partial charge in [-0.1, -0.05) is 18.6 Å². The van der Waals surface area contributed by atoms with Crippen molar-refractivity contribution in [2.24, 2.45) is 0 Å². The summed E-state index contributed by atoms with van der Waals surface area (Å²) in [5.41, 5.74) is 1.58. The molecule has 3 rings (SSSR count). The Morgan fingerprint density at radius 1 is 1.17 bits per heavy atom. The van der Waals surface area contributed by atoms with Gasteiger partial charge in [-0.05, 0) is 63.4 Å². The number of nitrogens with one attached hydrogen (secondary N) is 1. The number of rotatable bonds is 7. The minimum Gasteiger partial charge on any atom is -0.494 e. The molecule has 2 aliphatic rings. The van der Waals surface area contributed by atoms with Gasteiger partial charge in [0.15, 0.2) is 0 Å². The van der Waals surface area contributed by atoms with Crippen LogP contribution >= 0.6 is 0 Å². The van der Waals surface area contributed by atoms with Gasteiger partial charge in [0, 0.05) is 31.8 Å². The van der Waals surface area contributed by atoms with Crippen molar-refractivity contribution in [3.8, 4) is 5.75 Å². The third-order valence-corrected chi connectivity index (χ3v) is 5.44. The van der Waals surface area contributed by atoms with Crippen LogP contribution in [0.4, 0.5) is 0 Å². The first-order valence-electron chi connectivity index (χ1n) is 9.58. The zero-order chi connectivity index (χ0) is 16.7. The molecule has 1 N–H and O–H groups in total. The normalized spacial score (nSPS) is 21.5. The lowest BCUT2D eigenvalue weighted by Gasteiger charge is -2.48. The Bertz CT molecular complexity index is 494. The van der Waals surface area contributed by atoms with Crippen LogP contribution in [0.15, 0.2) is 24.3 Å². The summed E-state index contributed by atoms with van der Waals surface area (Å²) in [5, 5.41) is 3.73. The Hall–Kier alpha value is -1.10. The molecule has 0 atom stereocenters. The average molecular weight is 332 g/mol. The van der Waals surface area contributed by atoms with Crippen molar-refractivity contribution < 1.29 is 9.47 Å². The summed E-state index contributed by atoms with van der Waals surface area (Å²) in [6.07, 6.45) is 6.39. The summed E-state index contributed by atoms with van der Waals surface area (Å²) in [4.78, 5) is 2.74. The van der Waals surface area contributed by atoms with Crippen LogP contribution < -0.4 is 10.1 Å². The fourth-order valence-electron chi connectivity index (χ4n) is 4.08. The zero-order valence-electron chi connectivity index (χ0n) is 15.1. The predicted octanol–water partition coefficient (Wildman–Crippen LogP) is 3.21. The molecular weight excluding hydrogens is 300 g/mol. The lowest BCUT2D eigenvalue weighted by Crippen LogP contribution is -2.59. The fourth-order valence-corrected chi connectivity index (χ4v) is 4.08. The van der Waals surface area contributed by atoms with E-state index >= 15 is 0 Å². The predicted molar refractivity (Wildman–Crippen MR) is 97.5 cm³/mol. The number of hydrogen-bond donors (Lipinski definition) is 1. The highest BCUT2D eigenvalue weighted by Gasteiger charge is 2.38. The second kappa shape index (κ2) is 8.84. The van der Waals surface area contributed by atoms with Crippen molar-refractivity contribution in [3.05, 3.63) is 29.8 Å². The molecule has 2 fully saturated rings. The Balaban J connectivity index is 1.58. The van der Waals surface area contributed by atoms with Crippen molar-refractivity contribution >= 4 is 0 Å². The SMILES string of the molecule is CCOc1cccc(CNCC2(N3CCCCC3)CCOCC2)c1. The van der Waals surface area contributed by atoms with Crippen LogP contribution in [0.5, 0.6) is 5.75 Å². The molecule has 1 aromatic carbocycles. The summed E-state index contributed by atoms with van der Waals surface area (Å²) >= 11 is 0. The maximum atomic E-state index is 5.65. The van der Waals surface area contributed by atoms with E-state index in [4.69, 9.17) is 9.47 Å². The van der Waals surface area contributed by atoms with Crippen LogP contribution in [-0.4, -0.2) is 49.9 Å². The number of nitrogens with zero attached hydrogens (tertiary/aromatic N) is 1. The maximum absolute atomic E-state index is 5.65. The van der Waals surface area contributed by atoms with Crippen LogP contribution in [0.2, 0.25) is 0 Å². The quantitative estimate of drug-likeness (QED) is 0.831. The molecule has 0 radical (unpaired) electrons. The van der Waals surface area contributed by atoms with Crippen LogP contribution in [0.25, 0.3) is 0 Å². The van der Waals surface area contributed by atoms with Gasteiger partial charge in [0.25, 0.3) is 0 Å². The molecule has 0 unspecified atom stereocenters. The monoisotopic (exact) mass is 332 g/mol. The van der Waals surface area contributed by atoms with Gasteiger partial charge in [0.2, 0.25) is 0 Å². The van der Waals surface area contributed by atoms with Crippen molar-refractivity contribution in [2.75, 3.05) is 39.5 Å². The van der Waals surface area contributed by atoms with E-state index in [1.807, 2.05) is 13.0 Å². The molecule has 2 heterocycles. The summed E-state index contributed by atoms with van der Waals surface area (Å²) < 4.78 is 11.3. The third-order valence-electron chi connectivity index (χ3n) is 5.44. The molecule has 0 saturated carbocycles. The molecule has 4 heteroatoms. The van der Waals surface area contributed by atoms with E-state index in [1.54, 1.807) is 0 Å². The van der Waals surface area contributed by atoms with Gasteiger partial charge >= 0.3 is 0 Å². The van der Waals surface area contributed by atoms with Gasteiger partial charge in [-0.15, -0.1) is 0 Å². The minimum atomic E-state index is 0.288. The number of benzene rings is 1. The Morgan fingerprint density at radius 3 is 2.71 bits per heavy atom. The summed E-state index contributed by atoms with van der Waals surface area (Å²) in [5.74, 6) is 0.966. The van der Waals surface area contributed by atoms with Crippen molar-refractivity contribution in [2.45, 2.75) is 51.1 Å². The largest absolute Gasteiger partial charge is 0.494 e. The maximum Gasteiger partial charge on any atom is 0.119 e. The first kappa shape index (κ1) is 17.7. The Morgan fingerprint density at radius 2 is 1.96 bits per heavy atom. The van der Waals surface area contributed by atoms with E-state index in [-0.39, 0.29) is 5.54 Å². The van der Waals surface area contributed by atoms with Crippen molar-refractivity contribution in [1.82, 2.24) is 10.2 Å². The molecule has 0 aromatic heterocycles. The second-order valence-electron chi connectivity index (χ2n) is 7.07. The number of hydrogen-bond acceptors (Lipinski definition) is 4. The molecule has 2 aliphatic heterocycles. The molecule has 1 aromatic rings. The Labute approximate surface area is 146 Å². The molecule has 0 amide bonds. The summed E-state index contributed by atoms with van der Waals surface area (Å²) in [7, 11) is 0. The minimum absolute atomic E-state index is 0.288. The molecular formula is C20H32N2O2. The lowest BCUT2D eigenvalue weighted by atomic mass is 9.86. The lowest BCUT2D eigenvalue weighted by molar-refractivity contribution is -0.0358. The van der Waals surface area contributed by atoms with Crippen molar-refractivity contribution in [3.63, 3.8) is 0 Å².